The van der Waals surface area contributed by atoms with Crippen molar-refractivity contribution in [1.29, 1.82) is 0 Å². The number of thiophene rings is 1. The Hall–Kier alpha value is -2.94. The van der Waals surface area contributed by atoms with Crippen LogP contribution >= 0.6 is 11.3 Å². The van der Waals surface area contributed by atoms with Gasteiger partial charge in [-0.2, -0.15) is 4.31 Å². The molecule has 1 N–H and O–H groups in total. The van der Waals surface area contributed by atoms with Gasteiger partial charge in [-0.25, -0.2) is 23.4 Å². The van der Waals surface area contributed by atoms with Crippen molar-refractivity contribution < 1.29 is 13.2 Å². The van der Waals surface area contributed by atoms with E-state index >= 15 is 0 Å². The number of aryl methyl sites for hydroxylation is 1. The molecule has 0 aromatic carbocycles. The third-order valence-electron chi connectivity index (χ3n) is 7.70. The fraction of sp³-hybridized carbons (Fsp3) is 0.593. The minimum atomic E-state index is -3.97. The molecule has 41 heavy (non-hydrogen) atoms. The summed E-state index contributed by atoms with van der Waals surface area (Å²) in [7, 11) is -3.97. The van der Waals surface area contributed by atoms with Gasteiger partial charge < -0.3 is 15.1 Å². The number of rotatable bonds is 9. The van der Waals surface area contributed by atoms with Crippen LogP contribution in [0.1, 0.15) is 31.6 Å². The Labute approximate surface area is 244 Å². The first-order valence-corrected chi connectivity index (χ1v) is 16.4. The highest BCUT2D eigenvalue weighted by Crippen LogP contribution is 2.33. The highest BCUT2D eigenvalue weighted by atomic mass is 32.2. The van der Waals surface area contributed by atoms with E-state index in [-0.39, 0.29) is 35.8 Å². The quantitative estimate of drug-likeness (QED) is 0.362. The first-order chi connectivity index (χ1) is 19.6. The molecule has 2 aliphatic rings. The molecule has 3 aromatic rings. The van der Waals surface area contributed by atoms with Crippen LogP contribution in [0, 0.1) is 18.8 Å². The fourth-order valence-corrected chi connectivity index (χ4v) is 9.05. The smallest absolute Gasteiger partial charge is 0.263 e. The van der Waals surface area contributed by atoms with Crippen molar-refractivity contribution in [1.82, 2.24) is 34.0 Å². The van der Waals surface area contributed by atoms with Crippen LogP contribution < -0.4 is 15.8 Å². The SMILES string of the molecule is Cc1sc2ncn(CC(=O)NCCCN3C[C@H](C)C[C@@H](C)C3)c(=O)c2c1S(=O)(=O)N1CCN(c2ncccn2)CC1. The summed E-state index contributed by atoms with van der Waals surface area (Å²) in [5.41, 5.74) is -0.527. The number of carbonyl (C=O) groups excluding carboxylic acids is 1. The van der Waals surface area contributed by atoms with Gasteiger partial charge in [0.1, 0.15) is 16.3 Å². The van der Waals surface area contributed by atoms with E-state index in [1.807, 2.05) is 4.90 Å². The van der Waals surface area contributed by atoms with Gasteiger partial charge in [0.15, 0.2) is 0 Å². The zero-order valence-electron chi connectivity index (χ0n) is 23.8. The summed E-state index contributed by atoms with van der Waals surface area (Å²) in [5.74, 6) is 1.63. The minimum Gasteiger partial charge on any atom is -0.354 e. The van der Waals surface area contributed by atoms with Crippen LogP contribution in [0.4, 0.5) is 5.95 Å². The number of fused-ring (bicyclic) bond motifs is 1. The molecule has 1 amide bonds. The van der Waals surface area contributed by atoms with E-state index < -0.39 is 15.6 Å². The standard InChI is InChI=1S/C27H38N8O4S2/c1-19-14-20(2)16-32(15-19)9-5-8-28-22(36)17-34-18-31-25-23(26(34)37)24(21(3)40-25)41(38,39)35-12-10-33(11-13-35)27-29-6-4-7-30-27/h4,6-7,18-20H,5,8-17H2,1-3H3,(H,28,36)/t19-,20-/m1/s1. The Morgan fingerprint density at radius 2 is 1.76 bits per heavy atom. The van der Waals surface area contributed by atoms with Crippen LogP contribution in [-0.4, -0.2) is 95.4 Å². The molecule has 12 nitrogen and oxygen atoms in total. The van der Waals surface area contributed by atoms with Gasteiger partial charge in [0.25, 0.3) is 5.56 Å². The Balaban J connectivity index is 1.24. The lowest BCUT2D eigenvalue weighted by molar-refractivity contribution is -0.121. The molecule has 5 heterocycles. The van der Waals surface area contributed by atoms with Crippen molar-refractivity contribution in [2.75, 3.05) is 57.3 Å². The number of hydrogen-bond acceptors (Lipinski definition) is 10. The molecular formula is C27H38N8O4S2. The molecule has 2 saturated heterocycles. The van der Waals surface area contributed by atoms with E-state index in [4.69, 9.17) is 0 Å². The molecular weight excluding hydrogens is 564 g/mol. The first kappa shape index (κ1) is 29.5. The molecule has 14 heteroatoms. The van der Waals surface area contributed by atoms with Crippen LogP contribution in [0.2, 0.25) is 0 Å². The molecule has 3 aromatic heterocycles. The van der Waals surface area contributed by atoms with Crippen LogP contribution in [0.5, 0.6) is 0 Å². The zero-order valence-corrected chi connectivity index (χ0v) is 25.5. The number of amides is 1. The Kier molecular flexibility index (Phi) is 9.02. The molecule has 0 spiro atoms. The summed E-state index contributed by atoms with van der Waals surface area (Å²) in [5, 5.41) is 2.94. The zero-order chi connectivity index (χ0) is 29.1. The lowest BCUT2D eigenvalue weighted by Crippen LogP contribution is -2.49. The van der Waals surface area contributed by atoms with Crippen molar-refractivity contribution in [3.05, 3.63) is 40.0 Å². The molecule has 5 rings (SSSR count). The number of piperazine rings is 1. The largest absolute Gasteiger partial charge is 0.354 e. The summed E-state index contributed by atoms with van der Waals surface area (Å²) in [6.45, 7) is 11.0. The second-order valence-electron chi connectivity index (χ2n) is 11.2. The van der Waals surface area contributed by atoms with Crippen LogP contribution in [-0.2, 0) is 21.4 Å². The molecule has 2 aliphatic heterocycles. The van der Waals surface area contributed by atoms with Gasteiger partial charge in [0.05, 0.1) is 11.7 Å². The Bertz CT molecular complexity index is 1520. The fourth-order valence-electron chi connectivity index (χ4n) is 5.96. The second-order valence-corrected chi connectivity index (χ2v) is 14.3. The highest BCUT2D eigenvalue weighted by molar-refractivity contribution is 7.89. The van der Waals surface area contributed by atoms with Gasteiger partial charge in [-0.3, -0.25) is 14.2 Å². The predicted molar refractivity (Wildman–Crippen MR) is 159 cm³/mol. The third-order valence-corrected chi connectivity index (χ3v) is 10.9. The van der Waals surface area contributed by atoms with Gasteiger partial charge in [-0.05, 0) is 44.2 Å². The van der Waals surface area contributed by atoms with E-state index in [0.29, 0.717) is 47.1 Å². The van der Waals surface area contributed by atoms with Crippen molar-refractivity contribution in [2.24, 2.45) is 11.8 Å². The lowest BCUT2D eigenvalue weighted by atomic mass is 9.92. The maximum Gasteiger partial charge on any atom is 0.263 e. The number of likely N-dealkylation sites (tertiary alicyclic amines) is 1. The molecule has 0 bridgehead atoms. The Morgan fingerprint density at radius 3 is 2.44 bits per heavy atom. The summed E-state index contributed by atoms with van der Waals surface area (Å²) >= 11 is 1.17. The molecule has 222 valence electrons. The van der Waals surface area contributed by atoms with E-state index in [9.17, 15) is 18.0 Å². The number of anilines is 1. The monoisotopic (exact) mass is 602 g/mol. The number of piperidine rings is 1. The van der Waals surface area contributed by atoms with Gasteiger partial charge in [-0.1, -0.05) is 13.8 Å². The molecule has 0 unspecified atom stereocenters. The van der Waals surface area contributed by atoms with E-state index in [1.54, 1.807) is 25.4 Å². The van der Waals surface area contributed by atoms with Crippen LogP contribution in [0.25, 0.3) is 10.2 Å². The van der Waals surface area contributed by atoms with Gasteiger partial charge in [0.2, 0.25) is 21.9 Å². The van der Waals surface area contributed by atoms with Crippen molar-refractivity contribution in [2.45, 2.75) is 45.1 Å². The van der Waals surface area contributed by atoms with Crippen LogP contribution in [0.15, 0.2) is 34.5 Å². The summed E-state index contributed by atoms with van der Waals surface area (Å²) in [6, 6.07) is 1.73. The number of hydrogen-bond donors (Lipinski definition) is 1. The Morgan fingerprint density at radius 1 is 1.07 bits per heavy atom. The van der Waals surface area contributed by atoms with Gasteiger partial charge in [-0.15, -0.1) is 11.3 Å². The van der Waals surface area contributed by atoms with Gasteiger partial charge in [0, 0.05) is 63.1 Å². The normalized spacial score (nSPS) is 20.9. The minimum absolute atomic E-state index is 0.0147. The molecule has 0 radical (unpaired) electrons. The lowest BCUT2D eigenvalue weighted by Gasteiger charge is -2.34. The second kappa shape index (κ2) is 12.5. The summed E-state index contributed by atoms with van der Waals surface area (Å²) < 4.78 is 30.2. The highest BCUT2D eigenvalue weighted by Gasteiger charge is 2.34. The first-order valence-electron chi connectivity index (χ1n) is 14.1. The molecule has 0 aliphatic carbocycles. The predicted octanol–water partition coefficient (Wildman–Crippen LogP) is 1.55. The number of carbonyl (C=O) groups is 1. The maximum absolute atomic E-state index is 13.8. The number of nitrogens with one attached hydrogen (secondary N) is 1. The number of sulfonamides is 1. The third kappa shape index (κ3) is 6.60. The maximum atomic E-state index is 13.8. The molecule has 2 atom stereocenters. The van der Waals surface area contributed by atoms with Crippen molar-refractivity contribution >= 4 is 43.4 Å². The average Bonchev–Trinajstić information content (AvgIpc) is 3.30. The van der Waals surface area contributed by atoms with E-state index in [1.165, 1.54) is 33.0 Å². The molecule has 0 saturated carbocycles. The van der Waals surface area contributed by atoms with Crippen molar-refractivity contribution in [3.8, 4) is 0 Å². The van der Waals surface area contributed by atoms with Gasteiger partial charge >= 0.3 is 0 Å². The van der Waals surface area contributed by atoms with E-state index in [2.05, 4.69) is 39.0 Å². The number of nitrogens with zero attached hydrogens (tertiary/aromatic N) is 7. The average molecular weight is 603 g/mol. The topological polar surface area (TPSA) is 134 Å². The molecule has 2 fully saturated rings. The summed E-state index contributed by atoms with van der Waals surface area (Å²) in [6.07, 6.45) is 6.72. The summed E-state index contributed by atoms with van der Waals surface area (Å²) in [4.78, 5) is 44.3. The van der Waals surface area contributed by atoms with E-state index in [0.717, 1.165) is 26.1 Å². The van der Waals surface area contributed by atoms with Crippen LogP contribution in [0.3, 0.4) is 0 Å². The van der Waals surface area contributed by atoms with Crippen molar-refractivity contribution in [3.63, 3.8) is 0 Å². The number of aromatic nitrogens is 4.